The van der Waals surface area contributed by atoms with Gasteiger partial charge in [-0.3, -0.25) is 14.4 Å². The number of allylic oxidation sites excluding steroid dienone is 5. The monoisotopic (exact) mass is 887 g/mol. The molecule has 4 rings (SSSR count). The zero-order valence-corrected chi connectivity index (χ0v) is 40.2. The van der Waals surface area contributed by atoms with Crippen molar-refractivity contribution in [2.75, 3.05) is 33.6 Å². The fourth-order valence-corrected chi connectivity index (χ4v) is 9.83. The summed E-state index contributed by atoms with van der Waals surface area (Å²) in [6.45, 7) is 10.9. The average Bonchev–Trinajstić information content (AvgIpc) is 3.26. The van der Waals surface area contributed by atoms with Crippen LogP contribution in [0.5, 0.6) is 0 Å². The second kappa shape index (κ2) is 28.3. The number of hydrogen-bond acceptors (Lipinski definition) is 11. The summed E-state index contributed by atoms with van der Waals surface area (Å²) in [7, 11) is 3.11. The summed E-state index contributed by atoms with van der Waals surface area (Å²) in [6.07, 6.45) is 22.4. The van der Waals surface area contributed by atoms with Crippen molar-refractivity contribution in [1.82, 2.24) is 4.90 Å². The largest absolute Gasteiger partial charge is 0.461 e. The van der Waals surface area contributed by atoms with Gasteiger partial charge in [0.15, 0.2) is 5.78 Å². The van der Waals surface area contributed by atoms with Gasteiger partial charge < -0.3 is 34.7 Å². The highest BCUT2D eigenvalue weighted by molar-refractivity contribution is 7.79. The van der Waals surface area contributed by atoms with E-state index in [1.165, 1.54) is 37.7 Å². The summed E-state index contributed by atoms with van der Waals surface area (Å²) in [5.74, 6) is -1.01. The number of thiol groups is 1. The lowest BCUT2D eigenvalue weighted by Gasteiger charge is -2.36. The molecular weight excluding hydrogens is 805 g/mol. The highest BCUT2D eigenvalue weighted by atomic mass is 32.1. The molecule has 2 bridgehead atoms. The maximum Gasteiger partial charge on any atom is 0.329 e. The van der Waals surface area contributed by atoms with Crippen LogP contribution in [0.15, 0.2) is 47.6 Å². The SMILES string of the molecule is COC[C@H]1C[C@@H]2CCCC(O2)C(=O)C(=O)N2CCCC[C@H]2C(=O)O[C@H](CC[C@@H]2CCC[C@H](C)C2)CC[C@H](C)/C=C(\C)[C@@H](O)[C@@H](OC)C(=O)[C@H](C)C[C@H](N)/C=C/C=C/C=C/1C.CS. The number of ketones is 2. The third-order valence-corrected chi connectivity index (χ3v) is 13.5. The quantitative estimate of drug-likeness (QED) is 0.103. The number of aliphatic hydroxyl groups excluding tert-OH is 1. The Bertz CT molecular complexity index is 1530. The molecule has 2 saturated heterocycles. The van der Waals surface area contributed by atoms with Crippen molar-refractivity contribution in [3.63, 3.8) is 0 Å². The van der Waals surface area contributed by atoms with Gasteiger partial charge in [-0.05, 0) is 127 Å². The molecule has 11 nitrogen and oxygen atoms in total. The summed E-state index contributed by atoms with van der Waals surface area (Å²) in [5, 5.41) is 11.4. The van der Waals surface area contributed by atoms with Gasteiger partial charge in [0.25, 0.3) is 5.91 Å². The van der Waals surface area contributed by atoms with Gasteiger partial charge in [-0.2, -0.15) is 12.6 Å². The van der Waals surface area contributed by atoms with E-state index >= 15 is 0 Å². The first-order valence-corrected chi connectivity index (χ1v) is 24.5. The van der Waals surface area contributed by atoms with Gasteiger partial charge in [0.2, 0.25) is 5.78 Å². The normalized spacial score (nSPS) is 37.3. The van der Waals surface area contributed by atoms with Crippen LogP contribution in [-0.2, 0) is 38.1 Å². The van der Waals surface area contributed by atoms with Crippen LogP contribution in [0.2, 0.25) is 0 Å². The molecule has 3 fully saturated rings. The molecule has 1 aliphatic carbocycles. The van der Waals surface area contributed by atoms with E-state index in [-0.39, 0.29) is 35.9 Å². The van der Waals surface area contributed by atoms with Gasteiger partial charge in [0.1, 0.15) is 30.5 Å². The first-order chi connectivity index (χ1) is 29.7. The Morgan fingerprint density at radius 1 is 0.839 bits per heavy atom. The minimum atomic E-state index is -1.13. The van der Waals surface area contributed by atoms with Crippen molar-refractivity contribution in [3.05, 3.63) is 47.6 Å². The lowest BCUT2D eigenvalue weighted by Crippen LogP contribution is -2.54. The van der Waals surface area contributed by atoms with Gasteiger partial charge in [-0.25, -0.2) is 4.79 Å². The van der Waals surface area contributed by atoms with Crippen molar-refractivity contribution >= 4 is 36.1 Å². The number of aliphatic hydroxyl groups is 1. The van der Waals surface area contributed by atoms with E-state index in [2.05, 4.69) is 26.5 Å². The molecule has 3 heterocycles. The average molecular weight is 887 g/mol. The molecule has 352 valence electrons. The molecule has 62 heavy (non-hydrogen) atoms. The van der Waals surface area contributed by atoms with E-state index < -0.39 is 47.9 Å². The van der Waals surface area contributed by atoms with Crippen LogP contribution >= 0.6 is 12.6 Å². The number of hydrogen-bond donors (Lipinski definition) is 3. The molecule has 1 amide bonds. The Balaban J connectivity index is 0.00000504. The second-order valence-electron chi connectivity index (χ2n) is 18.7. The first kappa shape index (κ1) is 53.7. The molecule has 0 spiro atoms. The predicted octanol–water partition coefficient (Wildman–Crippen LogP) is 8.32. The zero-order valence-electron chi connectivity index (χ0n) is 39.3. The number of nitrogens with zero attached hydrogens (tertiary/aromatic N) is 1. The number of fused-ring (bicyclic) bond motifs is 3. The molecule has 4 aliphatic rings. The molecule has 0 aromatic carbocycles. The van der Waals surface area contributed by atoms with E-state index in [0.717, 1.165) is 37.7 Å². The van der Waals surface area contributed by atoms with Crippen LogP contribution in [-0.4, -0.2) is 110 Å². The lowest BCUT2D eigenvalue weighted by atomic mass is 9.79. The topological polar surface area (TPSA) is 155 Å². The minimum absolute atomic E-state index is 0.0105. The van der Waals surface area contributed by atoms with E-state index in [9.17, 15) is 24.3 Å². The Labute approximate surface area is 379 Å². The molecule has 1 unspecified atom stereocenters. The molecule has 1 saturated carbocycles. The molecule has 0 aromatic heterocycles. The van der Waals surface area contributed by atoms with Crippen molar-refractivity contribution in [1.29, 1.82) is 0 Å². The Hall–Kier alpha value is -2.61. The third kappa shape index (κ3) is 17.1. The summed E-state index contributed by atoms with van der Waals surface area (Å²) in [6, 6.07) is -1.20. The summed E-state index contributed by atoms with van der Waals surface area (Å²) >= 11 is 3.53. The number of piperidine rings is 1. The van der Waals surface area contributed by atoms with E-state index in [1.54, 1.807) is 13.4 Å². The molecule has 0 aromatic rings. The second-order valence-corrected chi connectivity index (χ2v) is 18.7. The molecule has 12 heteroatoms. The predicted molar refractivity (Wildman–Crippen MR) is 250 cm³/mol. The van der Waals surface area contributed by atoms with Crippen molar-refractivity contribution in [2.45, 2.75) is 180 Å². The molecule has 0 radical (unpaired) electrons. The van der Waals surface area contributed by atoms with Gasteiger partial charge in [-0.1, -0.05) is 82.1 Å². The summed E-state index contributed by atoms with van der Waals surface area (Å²) in [4.78, 5) is 57.1. The number of carbonyl (C=O) groups excluding carboxylic acids is 4. The highest BCUT2D eigenvalue weighted by Crippen LogP contribution is 2.34. The number of amides is 1. The number of methoxy groups -OCH3 is 2. The van der Waals surface area contributed by atoms with Crippen LogP contribution in [0.3, 0.4) is 0 Å². The van der Waals surface area contributed by atoms with Crippen molar-refractivity contribution in [2.24, 2.45) is 35.3 Å². The van der Waals surface area contributed by atoms with Gasteiger partial charge >= 0.3 is 5.97 Å². The number of esters is 1. The van der Waals surface area contributed by atoms with Crippen LogP contribution < -0.4 is 5.73 Å². The Morgan fingerprint density at radius 2 is 1.58 bits per heavy atom. The van der Waals surface area contributed by atoms with Gasteiger partial charge in [-0.15, -0.1) is 0 Å². The maximum absolute atomic E-state index is 14.1. The fraction of sp³-hybridized carbons (Fsp3) is 0.760. The zero-order chi connectivity index (χ0) is 45.8. The lowest BCUT2D eigenvalue weighted by molar-refractivity contribution is -0.167. The molecule has 12 atom stereocenters. The van der Waals surface area contributed by atoms with Gasteiger partial charge in [0, 0.05) is 38.6 Å². The standard InChI is InChI=1S/C49H78N2O9.CH4S/c1-32-15-13-17-37(28-32)23-25-40-24-22-33(2)27-35(4)44(52)47(58-7)45(53)36(5)29-39(50)18-10-8-9-16-34(3)38(31-57-6)30-41-19-14-21-43(59-41)46(54)48(55)51-26-12-11-20-42(51)49(56)60-40;1-2/h8-10,16,18,27,32-33,36-44,47,52H,11-15,17,19-26,28-31,50H2,1-7H3;2H,1H3/b9-8+,18-10+,34-16+,35-27+;/t32-,33-,36+,37-,38+,39+,40-,41-,42-,43?,44+,47+;/m0./s1. The van der Waals surface area contributed by atoms with E-state index in [1.807, 2.05) is 57.2 Å². The molecule has 3 N–H and O–H groups in total. The Morgan fingerprint density at radius 3 is 2.29 bits per heavy atom. The number of cyclic esters (lactones) is 1. The number of nitrogens with two attached hydrogens (primary N) is 1. The smallest absolute Gasteiger partial charge is 0.329 e. The van der Waals surface area contributed by atoms with Crippen molar-refractivity contribution < 1.29 is 43.2 Å². The van der Waals surface area contributed by atoms with Crippen molar-refractivity contribution in [3.8, 4) is 0 Å². The minimum Gasteiger partial charge on any atom is -0.461 e. The van der Waals surface area contributed by atoms with Crippen LogP contribution in [0, 0.1) is 29.6 Å². The number of ether oxygens (including phenoxy) is 4. The first-order valence-electron chi connectivity index (χ1n) is 23.6. The molecule has 3 aliphatic heterocycles. The number of carbonyl (C=O) groups is 4. The summed E-state index contributed by atoms with van der Waals surface area (Å²) in [5.41, 5.74) is 8.16. The van der Waals surface area contributed by atoms with Gasteiger partial charge in [0.05, 0.1) is 12.7 Å². The highest BCUT2D eigenvalue weighted by Gasteiger charge is 2.41. The molecular formula is C50H82N2O9S. The number of rotatable bonds is 6. The maximum atomic E-state index is 14.1. The Kier molecular flexibility index (Phi) is 24.6. The number of Topliss-reactive ketones (excluding diaryl/α,β-unsaturated/α-hetero) is 2. The van der Waals surface area contributed by atoms with Crippen LogP contribution in [0.4, 0.5) is 0 Å². The summed E-state index contributed by atoms with van der Waals surface area (Å²) < 4.78 is 23.9. The van der Waals surface area contributed by atoms with Crippen LogP contribution in [0.25, 0.3) is 0 Å². The third-order valence-electron chi connectivity index (χ3n) is 13.5. The van der Waals surface area contributed by atoms with E-state index in [4.69, 9.17) is 24.7 Å². The van der Waals surface area contributed by atoms with E-state index in [0.29, 0.717) is 75.5 Å². The van der Waals surface area contributed by atoms with Crippen LogP contribution in [0.1, 0.15) is 137 Å². The fourth-order valence-electron chi connectivity index (χ4n) is 9.83.